The maximum Gasteiger partial charge on any atom is 0.387 e. The number of aromatic nitrogens is 1. The summed E-state index contributed by atoms with van der Waals surface area (Å²) >= 11 is 6.11. The summed E-state index contributed by atoms with van der Waals surface area (Å²) in [5, 5.41) is 3.86. The number of pyridine rings is 1. The summed E-state index contributed by atoms with van der Waals surface area (Å²) < 4.78 is 34.0. The van der Waals surface area contributed by atoms with Gasteiger partial charge in [-0.3, -0.25) is 9.78 Å². The van der Waals surface area contributed by atoms with E-state index in [-0.39, 0.29) is 12.4 Å². The number of alkyl halides is 2. The Bertz CT molecular complexity index is 920. The fourth-order valence-corrected chi connectivity index (χ4v) is 2.50. The molecule has 0 spiro atoms. The summed E-state index contributed by atoms with van der Waals surface area (Å²) in [7, 11) is 0. The normalized spacial score (nSPS) is 10.8. The smallest absolute Gasteiger partial charge is 0.387 e. The van der Waals surface area contributed by atoms with Gasteiger partial charge in [0.1, 0.15) is 17.0 Å². The number of nitrogens with zero attached hydrogens (tertiary/aromatic N) is 1. The minimum absolute atomic E-state index is 0.00737. The average Bonchev–Trinajstić information content (AvgIpc) is 2.63. The standard InChI is InChI=1S/C18H13ClF2N2O3/c19-14-7-8-15(17-13(14)2-1-9-22-17)25-10-16(24)23-11-3-5-12(6-4-11)26-18(20)21/h1-9,18H,10H2,(H,23,24). The van der Waals surface area contributed by atoms with E-state index in [9.17, 15) is 13.6 Å². The van der Waals surface area contributed by atoms with Gasteiger partial charge in [0.2, 0.25) is 0 Å². The number of hydrogen-bond donors (Lipinski definition) is 1. The van der Waals surface area contributed by atoms with Gasteiger partial charge < -0.3 is 14.8 Å². The van der Waals surface area contributed by atoms with Crippen molar-refractivity contribution in [3.05, 3.63) is 59.8 Å². The van der Waals surface area contributed by atoms with E-state index in [4.69, 9.17) is 16.3 Å². The lowest BCUT2D eigenvalue weighted by Gasteiger charge is -2.10. The van der Waals surface area contributed by atoms with Crippen molar-refractivity contribution >= 4 is 34.1 Å². The largest absolute Gasteiger partial charge is 0.481 e. The highest BCUT2D eigenvalue weighted by Gasteiger charge is 2.10. The third-order valence-corrected chi connectivity index (χ3v) is 3.73. The number of carbonyl (C=O) groups excluding carboxylic acids is 1. The summed E-state index contributed by atoms with van der Waals surface area (Å²) in [4.78, 5) is 16.2. The molecular weight excluding hydrogens is 366 g/mol. The summed E-state index contributed by atoms with van der Waals surface area (Å²) in [5.41, 5.74) is 0.987. The molecule has 3 rings (SSSR count). The van der Waals surface area contributed by atoms with Crippen LogP contribution in [0.4, 0.5) is 14.5 Å². The molecular formula is C18H13ClF2N2O3. The first kappa shape index (κ1) is 17.9. The molecule has 0 bridgehead atoms. The molecule has 2 aromatic carbocycles. The van der Waals surface area contributed by atoms with Crippen LogP contribution >= 0.6 is 11.6 Å². The van der Waals surface area contributed by atoms with Gasteiger partial charge in [0.05, 0.1) is 5.02 Å². The number of hydrogen-bond acceptors (Lipinski definition) is 4. The van der Waals surface area contributed by atoms with Crippen molar-refractivity contribution in [2.24, 2.45) is 0 Å². The van der Waals surface area contributed by atoms with Crippen molar-refractivity contribution in [3.8, 4) is 11.5 Å². The molecule has 0 atom stereocenters. The van der Waals surface area contributed by atoms with Crippen LogP contribution in [-0.4, -0.2) is 24.1 Å². The molecule has 1 amide bonds. The van der Waals surface area contributed by atoms with E-state index in [0.717, 1.165) is 5.39 Å². The molecule has 5 nitrogen and oxygen atoms in total. The zero-order chi connectivity index (χ0) is 18.5. The first-order valence-electron chi connectivity index (χ1n) is 7.53. The highest BCUT2D eigenvalue weighted by Crippen LogP contribution is 2.29. The van der Waals surface area contributed by atoms with Crippen LogP contribution in [0, 0.1) is 0 Å². The Morgan fingerprint density at radius 3 is 2.65 bits per heavy atom. The molecule has 0 aliphatic rings. The van der Waals surface area contributed by atoms with E-state index >= 15 is 0 Å². The van der Waals surface area contributed by atoms with Gasteiger partial charge in [0, 0.05) is 17.3 Å². The lowest BCUT2D eigenvalue weighted by atomic mass is 10.2. The van der Waals surface area contributed by atoms with Crippen LogP contribution in [0.2, 0.25) is 5.02 Å². The lowest BCUT2D eigenvalue weighted by Crippen LogP contribution is -2.20. The highest BCUT2D eigenvalue weighted by atomic mass is 35.5. The quantitative estimate of drug-likeness (QED) is 0.685. The van der Waals surface area contributed by atoms with Crippen LogP contribution in [0.1, 0.15) is 0 Å². The van der Waals surface area contributed by atoms with Gasteiger partial charge in [0.15, 0.2) is 6.61 Å². The van der Waals surface area contributed by atoms with E-state index < -0.39 is 12.5 Å². The van der Waals surface area contributed by atoms with E-state index in [2.05, 4.69) is 15.0 Å². The molecule has 0 aliphatic carbocycles. The number of rotatable bonds is 6. The molecule has 26 heavy (non-hydrogen) atoms. The number of carbonyl (C=O) groups is 1. The van der Waals surface area contributed by atoms with Crippen molar-refractivity contribution < 1.29 is 23.0 Å². The van der Waals surface area contributed by atoms with Gasteiger partial charge >= 0.3 is 6.61 Å². The first-order valence-corrected chi connectivity index (χ1v) is 7.91. The molecule has 134 valence electrons. The number of fused-ring (bicyclic) bond motifs is 1. The number of halogens is 3. The average molecular weight is 379 g/mol. The second kappa shape index (κ2) is 7.97. The van der Waals surface area contributed by atoms with Crippen LogP contribution in [0.15, 0.2) is 54.7 Å². The maximum atomic E-state index is 12.1. The van der Waals surface area contributed by atoms with Gasteiger partial charge in [0.25, 0.3) is 5.91 Å². The fraction of sp³-hybridized carbons (Fsp3) is 0.111. The molecule has 1 aromatic heterocycles. The van der Waals surface area contributed by atoms with E-state index in [1.165, 1.54) is 24.3 Å². The van der Waals surface area contributed by atoms with Gasteiger partial charge in [-0.15, -0.1) is 0 Å². The zero-order valence-corrected chi connectivity index (χ0v) is 14.0. The monoisotopic (exact) mass is 378 g/mol. The van der Waals surface area contributed by atoms with Crippen molar-refractivity contribution in [2.45, 2.75) is 6.61 Å². The Morgan fingerprint density at radius 2 is 1.92 bits per heavy atom. The van der Waals surface area contributed by atoms with Gasteiger partial charge in [-0.05, 0) is 48.5 Å². The number of amides is 1. The van der Waals surface area contributed by atoms with Gasteiger partial charge in [-0.2, -0.15) is 8.78 Å². The Labute approximate surface area is 152 Å². The Hall–Kier alpha value is -2.93. The lowest BCUT2D eigenvalue weighted by molar-refractivity contribution is -0.118. The number of benzene rings is 2. The number of nitrogens with one attached hydrogen (secondary N) is 1. The maximum absolute atomic E-state index is 12.1. The topological polar surface area (TPSA) is 60.5 Å². The summed E-state index contributed by atoms with van der Waals surface area (Å²) in [6.45, 7) is -3.14. The zero-order valence-electron chi connectivity index (χ0n) is 13.3. The predicted molar refractivity (Wildman–Crippen MR) is 94.0 cm³/mol. The van der Waals surface area contributed by atoms with Crippen molar-refractivity contribution in [1.82, 2.24) is 4.98 Å². The molecule has 0 radical (unpaired) electrons. The third kappa shape index (κ3) is 4.37. The Kier molecular flexibility index (Phi) is 5.48. The number of ether oxygens (including phenoxy) is 2. The van der Waals surface area contributed by atoms with Crippen molar-refractivity contribution in [2.75, 3.05) is 11.9 Å². The highest BCUT2D eigenvalue weighted by molar-refractivity contribution is 6.35. The predicted octanol–water partition coefficient (Wildman–Crippen LogP) is 4.51. The fourth-order valence-electron chi connectivity index (χ4n) is 2.29. The molecule has 1 heterocycles. The summed E-state index contributed by atoms with van der Waals surface area (Å²) in [6, 6.07) is 12.4. The van der Waals surface area contributed by atoms with Crippen molar-refractivity contribution in [1.29, 1.82) is 0 Å². The minimum atomic E-state index is -2.90. The first-order chi connectivity index (χ1) is 12.5. The van der Waals surface area contributed by atoms with Crippen molar-refractivity contribution in [3.63, 3.8) is 0 Å². The Balaban J connectivity index is 1.62. The van der Waals surface area contributed by atoms with Crippen LogP contribution in [0.25, 0.3) is 10.9 Å². The Morgan fingerprint density at radius 1 is 1.15 bits per heavy atom. The molecule has 8 heteroatoms. The third-order valence-electron chi connectivity index (χ3n) is 3.40. The second-order valence-electron chi connectivity index (χ2n) is 5.18. The molecule has 0 fully saturated rings. The minimum Gasteiger partial charge on any atom is -0.481 e. The van der Waals surface area contributed by atoms with Crippen LogP contribution < -0.4 is 14.8 Å². The molecule has 0 aliphatic heterocycles. The van der Waals surface area contributed by atoms with E-state index in [1.807, 2.05) is 0 Å². The van der Waals surface area contributed by atoms with Crippen LogP contribution in [0.3, 0.4) is 0 Å². The van der Waals surface area contributed by atoms with E-state index in [1.54, 1.807) is 30.5 Å². The van der Waals surface area contributed by atoms with Crippen LogP contribution in [-0.2, 0) is 4.79 Å². The van der Waals surface area contributed by atoms with Gasteiger partial charge in [-0.1, -0.05) is 11.6 Å². The molecule has 0 saturated carbocycles. The molecule has 0 unspecified atom stereocenters. The SMILES string of the molecule is O=C(COc1ccc(Cl)c2cccnc12)Nc1ccc(OC(F)F)cc1. The summed E-state index contributed by atoms with van der Waals surface area (Å²) in [5.74, 6) is 0.0281. The van der Waals surface area contributed by atoms with Gasteiger partial charge in [-0.25, -0.2) is 0 Å². The van der Waals surface area contributed by atoms with E-state index in [0.29, 0.717) is 22.0 Å². The summed E-state index contributed by atoms with van der Waals surface area (Å²) in [6.07, 6.45) is 1.61. The molecule has 1 N–H and O–H groups in total. The molecule has 0 saturated heterocycles. The molecule has 3 aromatic rings. The number of anilines is 1. The van der Waals surface area contributed by atoms with Crippen LogP contribution in [0.5, 0.6) is 11.5 Å². The second-order valence-corrected chi connectivity index (χ2v) is 5.59.